The van der Waals surface area contributed by atoms with Gasteiger partial charge in [0.2, 0.25) is 0 Å². The molecule has 2 aromatic rings. The molecule has 0 aliphatic heterocycles. The van der Waals surface area contributed by atoms with Gasteiger partial charge in [0, 0.05) is 11.8 Å². The molecule has 0 amide bonds. The predicted octanol–water partition coefficient (Wildman–Crippen LogP) is 5.07. The molecule has 0 spiro atoms. The molecule has 1 aromatic carbocycles. The van der Waals surface area contributed by atoms with Crippen molar-refractivity contribution in [2.75, 3.05) is 0 Å². The number of hydrogen-bond donors (Lipinski definition) is 0. The normalized spacial score (nSPS) is 11.6. The minimum absolute atomic E-state index is 0.0914. The number of aromatic nitrogens is 1. The van der Waals surface area contributed by atoms with Crippen LogP contribution in [0.1, 0.15) is 5.56 Å². The van der Waals surface area contributed by atoms with E-state index in [0.717, 1.165) is 6.07 Å². The van der Waals surface area contributed by atoms with Crippen molar-refractivity contribution < 1.29 is 13.2 Å². The van der Waals surface area contributed by atoms with Crippen molar-refractivity contribution in [1.82, 2.24) is 4.98 Å². The summed E-state index contributed by atoms with van der Waals surface area (Å²) >= 11 is 11.8. The fraction of sp³-hybridized carbons (Fsp3) is 0.0833. The number of hydrogen-bond acceptors (Lipinski definition) is 1. The van der Waals surface area contributed by atoms with E-state index in [0.29, 0.717) is 0 Å². The van der Waals surface area contributed by atoms with Crippen molar-refractivity contribution in [3.63, 3.8) is 0 Å². The first-order chi connectivity index (χ1) is 8.41. The van der Waals surface area contributed by atoms with Crippen LogP contribution in [0.15, 0.2) is 36.5 Å². The number of benzene rings is 1. The lowest BCUT2D eigenvalue weighted by molar-refractivity contribution is -0.137. The van der Waals surface area contributed by atoms with Gasteiger partial charge in [0.1, 0.15) is 0 Å². The Hall–Kier alpha value is -1.26. The highest BCUT2D eigenvalue weighted by molar-refractivity contribution is 6.39. The van der Waals surface area contributed by atoms with E-state index in [9.17, 15) is 13.2 Å². The summed E-state index contributed by atoms with van der Waals surface area (Å²) in [5.41, 5.74) is -1.03. The second-order valence-corrected chi connectivity index (χ2v) is 4.31. The molecule has 1 heterocycles. The molecule has 0 bridgehead atoms. The van der Waals surface area contributed by atoms with Gasteiger partial charge in [-0.3, -0.25) is 4.98 Å². The third kappa shape index (κ3) is 2.44. The summed E-state index contributed by atoms with van der Waals surface area (Å²) in [5.74, 6) is 0. The number of alkyl halides is 3. The first kappa shape index (κ1) is 13.2. The molecule has 0 aliphatic carbocycles. The van der Waals surface area contributed by atoms with Gasteiger partial charge in [-0.2, -0.15) is 13.2 Å². The molecular formula is C12H6Cl2F3N. The highest BCUT2D eigenvalue weighted by atomic mass is 35.5. The van der Waals surface area contributed by atoms with Gasteiger partial charge in [-0.15, -0.1) is 0 Å². The smallest absolute Gasteiger partial charge is 0.256 e. The Morgan fingerprint density at radius 2 is 1.56 bits per heavy atom. The second-order valence-electron chi connectivity index (χ2n) is 3.49. The summed E-state index contributed by atoms with van der Waals surface area (Å²) in [6, 6.07) is 6.67. The van der Waals surface area contributed by atoms with Crippen LogP contribution in [0.4, 0.5) is 13.2 Å². The van der Waals surface area contributed by atoms with Gasteiger partial charge >= 0.3 is 6.18 Å². The average molecular weight is 292 g/mol. The lowest BCUT2D eigenvalue weighted by atomic mass is 10.1. The Bertz CT molecular complexity index is 562. The van der Waals surface area contributed by atoms with Crippen LogP contribution in [0.3, 0.4) is 0 Å². The first-order valence-corrected chi connectivity index (χ1v) is 5.63. The molecule has 0 saturated carbocycles. The van der Waals surface area contributed by atoms with Crippen LogP contribution in [0.25, 0.3) is 11.3 Å². The Kier molecular flexibility index (Phi) is 3.50. The maximum absolute atomic E-state index is 12.9. The molecule has 0 aliphatic rings. The van der Waals surface area contributed by atoms with Crippen LogP contribution in [0, 0.1) is 0 Å². The van der Waals surface area contributed by atoms with Gasteiger partial charge in [0.15, 0.2) is 0 Å². The van der Waals surface area contributed by atoms with Gasteiger partial charge in [-0.25, -0.2) is 0 Å². The molecule has 6 heteroatoms. The third-order valence-electron chi connectivity index (χ3n) is 2.31. The van der Waals surface area contributed by atoms with E-state index in [1.54, 1.807) is 6.07 Å². The van der Waals surface area contributed by atoms with Crippen LogP contribution >= 0.6 is 23.2 Å². The van der Waals surface area contributed by atoms with Gasteiger partial charge in [0.25, 0.3) is 0 Å². The van der Waals surface area contributed by atoms with Gasteiger partial charge in [-0.1, -0.05) is 29.3 Å². The van der Waals surface area contributed by atoms with E-state index in [4.69, 9.17) is 23.2 Å². The van der Waals surface area contributed by atoms with Crippen molar-refractivity contribution in [2.24, 2.45) is 0 Å². The van der Waals surface area contributed by atoms with Crippen molar-refractivity contribution in [3.05, 3.63) is 52.1 Å². The molecule has 18 heavy (non-hydrogen) atoms. The van der Waals surface area contributed by atoms with Crippen LogP contribution in [-0.4, -0.2) is 4.98 Å². The summed E-state index contributed by atoms with van der Waals surface area (Å²) in [7, 11) is 0. The van der Waals surface area contributed by atoms with Gasteiger partial charge in [-0.05, 0) is 24.3 Å². The van der Waals surface area contributed by atoms with E-state index < -0.39 is 11.7 Å². The third-order valence-corrected chi connectivity index (χ3v) is 2.94. The standard InChI is InChI=1S/C12H6Cl2F3N/c13-8-4-1-5-9(14)10(8)11-7(12(15,16)17)3-2-6-18-11/h1-6H. The molecule has 0 saturated heterocycles. The van der Waals surface area contributed by atoms with Crippen molar-refractivity contribution in [3.8, 4) is 11.3 Å². The lowest BCUT2D eigenvalue weighted by Crippen LogP contribution is -2.08. The SMILES string of the molecule is FC(F)(F)c1cccnc1-c1c(Cl)cccc1Cl. The molecule has 2 rings (SSSR count). The topological polar surface area (TPSA) is 12.9 Å². The molecule has 0 fully saturated rings. The Balaban J connectivity index is 2.73. The quantitative estimate of drug-likeness (QED) is 0.714. The second kappa shape index (κ2) is 4.78. The van der Waals surface area contributed by atoms with Gasteiger partial charge < -0.3 is 0 Å². The fourth-order valence-electron chi connectivity index (χ4n) is 1.56. The van der Waals surface area contributed by atoms with E-state index in [2.05, 4.69) is 4.98 Å². The number of nitrogens with zero attached hydrogens (tertiary/aromatic N) is 1. The highest BCUT2D eigenvalue weighted by Gasteiger charge is 2.35. The molecule has 0 N–H and O–H groups in total. The van der Waals surface area contributed by atoms with Crippen LogP contribution in [0.2, 0.25) is 10.0 Å². The summed E-state index contributed by atoms with van der Waals surface area (Å²) < 4.78 is 38.6. The van der Waals surface area contributed by atoms with E-state index in [1.807, 2.05) is 0 Å². The number of rotatable bonds is 1. The van der Waals surface area contributed by atoms with E-state index in [1.165, 1.54) is 24.4 Å². The fourth-order valence-corrected chi connectivity index (χ4v) is 2.13. The monoisotopic (exact) mass is 291 g/mol. The lowest BCUT2D eigenvalue weighted by Gasteiger charge is -2.13. The summed E-state index contributed by atoms with van der Waals surface area (Å²) in [5, 5.41) is 0.262. The average Bonchev–Trinajstić information content (AvgIpc) is 2.28. The molecule has 1 aromatic heterocycles. The molecule has 94 valence electrons. The van der Waals surface area contributed by atoms with Crippen LogP contribution in [-0.2, 0) is 6.18 Å². The molecule has 0 unspecified atom stereocenters. The maximum Gasteiger partial charge on any atom is 0.418 e. The Morgan fingerprint density at radius 3 is 2.11 bits per heavy atom. The highest BCUT2D eigenvalue weighted by Crippen LogP contribution is 2.40. The van der Waals surface area contributed by atoms with E-state index >= 15 is 0 Å². The zero-order valence-corrected chi connectivity index (χ0v) is 10.3. The summed E-state index contributed by atoms with van der Waals surface area (Å²) in [6.07, 6.45) is -3.24. The maximum atomic E-state index is 12.9. The molecular weight excluding hydrogens is 286 g/mol. The molecule has 0 radical (unpaired) electrons. The van der Waals surface area contributed by atoms with Crippen LogP contribution in [0.5, 0.6) is 0 Å². The van der Waals surface area contributed by atoms with E-state index in [-0.39, 0.29) is 21.3 Å². The number of pyridine rings is 1. The van der Waals surface area contributed by atoms with Crippen molar-refractivity contribution in [2.45, 2.75) is 6.18 Å². The largest absolute Gasteiger partial charge is 0.418 e. The van der Waals surface area contributed by atoms with Crippen molar-refractivity contribution in [1.29, 1.82) is 0 Å². The summed E-state index contributed by atoms with van der Waals surface area (Å²) in [6.45, 7) is 0. The zero-order chi connectivity index (χ0) is 13.3. The predicted molar refractivity (Wildman–Crippen MR) is 64.7 cm³/mol. The first-order valence-electron chi connectivity index (χ1n) is 4.88. The van der Waals surface area contributed by atoms with Crippen LogP contribution < -0.4 is 0 Å². The zero-order valence-electron chi connectivity index (χ0n) is 8.80. The molecule has 0 atom stereocenters. The minimum Gasteiger partial charge on any atom is -0.256 e. The minimum atomic E-state index is -4.51. The Labute approximate surface area is 111 Å². The summed E-state index contributed by atoms with van der Waals surface area (Å²) in [4.78, 5) is 3.75. The number of halogens is 5. The van der Waals surface area contributed by atoms with Crippen molar-refractivity contribution >= 4 is 23.2 Å². The molecule has 1 nitrogen and oxygen atoms in total. The van der Waals surface area contributed by atoms with Gasteiger partial charge in [0.05, 0.1) is 21.3 Å². The Morgan fingerprint density at radius 1 is 0.944 bits per heavy atom.